The summed E-state index contributed by atoms with van der Waals surface area (Å²) >= 11 is 10.6. The van der Waals surface area contributed by atoms with Crippen LogP contribution in [0.25, 0.3) is 0 Å². The SMILES string of the molecule is ClCCCC#CSc1ccccc1Br. The smallest absolute Gasteiger partial charge is 0.0345 e. The van der Waals surface area contributed by atoms with Gasteiger partial charge < -0.3 is 0 Å². The Kier molecular flexibility index (Phi) is 6.18. The van der Waals surface area contributed by atoms with Gasteiger partial charge in [-0.1, -0.05) is 18.1 Å². The molecule has 0 aliphatic carbocycles. The van der Waals surface area contributed by atoms with Gasteiger partial charge in [-0.25, -0.2) is 0 Å². The predicted octanol–water partition coefficient (Wildman–Crippen LogP) is 4.52. The molecule has 3 heteroatoms. The number of hydrogen-bond donors (Lipinski definition) is 0. The first-order chi connectivity index (χ1) is 6.84. The van der Waals surface area contributed by atoms with Gasteiger partial charge >= 0.3 is 0 Å². The van der Waals surface area contributed by atoms with Gasteiger partial charge in [-0.3, -0.25) is 0 Å². The molecule has 1 aromatic carbocycles. The zero-order valence-corrected chi connectivity index (χ0v) is 10.8. The van der Waals surface area contributed by atoms with Crippen LogP contribution in [0.4, 0.5) is 0 Å². The Hall–Kier alpha value is -0.100. The average Bonchev–Trinajstić information content (AvgIpc) is 2.20. The number of thioether (sulfide) groups is 1. The zero-order chi connectivity index (χ0) is 10.2. The Labute approximate surface area is 103 Å². The maximum atomic E-state index is 5.54. The molecule has 1 rings (SSSR count). The average molecular weight is 290 g/mol. The quantitative estimate of drug-likeness (QED) is 0.341. The van der Waals surface area contributed by atoms with Crippen molar-refractivity contribution in [3.63, 3.8) is 0 Å². The summed E-state index contributed by atoms with van der Waals surface area (Å²) in [4.78, 5) is 1.16. The fourth-order valence-corrected chi connectivity index (χ4v) is 2.08. The van der Waals surface area contributed by atoms with Gasteiger partial charge in [-0.15, -0.1) is 11.6 Å². The molecule has 0 atom stereocenters. The third kappa shape index (κ3) is 4.41. The lowest BCUT2D eigenvalue weighted by Crippen LogP contribution is -1.72. The van der Waals surface area contributed by atoms with E-state index in [2.05, 4.69) is 27.1 Å². The number of unbranched alkanes of at least 4 members (excludes halogenated alkanes) is 1. The number of rotatable bonds is 3. The second-order valence-corrected chi connectivity index (χ2v) is 4.68. The van der Waals surface area contributed by atoms with Crippen LogP contribution in [0, 0.1) is 11.2 Å². The summed E-state index contributed by atoms with van der Waals surface area (Å²) < 4.78 is 1.09. The van der Waals surface area contributed by atoms with Crippen LogP contribution in [0.15, 0.2) is 33.6 Å². The molecule has 0 fully saturated rings. The Balaban J connectivity index is 2.44. The minimum Gasteiger partial charge on any atom is -0.127 e. The Morgan fingerprint density at radius 2 is 2.14 bits per heavy atom. The molecule has 0 aromatic heterocycles. The van der Waals surface area contributed by atoms with Crippen LogP contribution in [-0.2, 0) is 0 Å². The van der Waals surface area contributed by atoms with Crippen LogP contribution >= 0.6 is 39.3 Å². The summed E-state index contributed by atoms with van der Waals surface area (Å²) in [6, 6.07) is 8.07. The summed E-state index contributed by atoms with van der Waals surface area (Å²) in [5, 5.41) is 3.06. The van der Waals surface area contributed by atoms with Crippen LogP contribution < -0.4 is 0 Å². The summed E-state index contributed by atoms with van der Waals surface area (Å²) in [5.74, 6) is 3.76. The van der Waals surface area contributed by atoms with Crippen LogP contribution in [-0.4, -0.2) is 5.88 Å². The molecule has 0 saturated carbocycles. The van der Waals surface area contributed by atoms with Crippen molar-refractivity contribution in [2.45, 2.75) is 17.7 Å². The van der Waals surface area contributed by atoms with E-state index >= 15 is 0 Å². The molecule has 0 bridgehead atoms. The molecule has 14 heavy (non-hydrogen) atoms. The van der Waals surface area contributed by atoms with Gasteiger partial charge in [-0.2, -0.15) is 0 Å². The van der Waals surface area contributed by atoms with E-state index < -0.39 is 0 Å². The third-order valence-corrected chi connectivity index (χ3v) is 3.55. The lowest BCUT2D eigenvalue weighted by atomic mass is 10.4. The highest BCUT2D eigenvalue weighted by molar-refractivity contribution is 9.10. The standard InChI is InChI=1S/C11H10BrClS/c12-10-6-2-3-7-11(10)14-9-5-1-4-8-13/h2-3,6-7H,1,4,8H2. The normalized spacial score (nSPS) is 9.29. The van der Waals surface area contributed by atoms with E-state index in [1.54, 1.807) is 11.8 Å². The summed E-state index contributed by atoms with van der Waals surface area (Å²) in [7, 11) is 0. The van der Waals surface area contributed by atoms with Crippen LogP contribution in [0.1, 0.15) is 12.8 Å². The van der Waals surface area contributed by atoms with Crippen LogP contribution in [0.3, 0.4) is 0 Å². The van der Waals surface area contributed by atoms with E-state index in [-0.39, 0.29) is 0 Å². The van der Waals surface area contributed by atoms with Gasteiger partial charge in [0.25, 0.3) is 0 Å². The van der Waals surface area contributed by atoms with Crippen LogP contribution in [0.2, 0.25) is 0 Å². The number of alkyl halides is 1. The second-order valence-electron chi connectivity index (χ2n) is 2.60. The van der Waals surface area contributed by atoms with Crippen molar-refractivity contribution in [2.24, 2.45) is 0 Å². The van der Waals surface area contributed by atoms with E-state index in [4.69, 9.17) is 11.6 Å². The van der Waals surface area contributed by atoms with Crippen molar-refractivity contribution in [3.8, 4) is 11.2 Å². The molecule has 0 N–H and O–H groups in total. The summed E-state index contributed by atoms with van der Waals surface area (Å²) in [6.45, 7) is 0. The highest BCUT2D eigenvalue weighted by Gasteiger charge is 1.95. The van der Waals surface area contributed by atoms with E-state index in [1.807, 2.05) is 24.3 Å². The lowest BCUT2D eigenvalue weighted by molar-refractivity contribution is 0.992. The maximum absolute atomic E-state index is 5.54. The van der Waals surface area contributed by atoms with Gasteiger partial charge in [0.15, 0.2) is 0 Å². The molecule has 0 unspecified atom stereocenters. The van der Waals surface area contributed by atoms with Gasteiger partial charge in [0, 0.05) is 21.7 Å². The number of hydrogen-bond acceptors (Lipinski definition) is 1. The molecule has 1 aromatic rings. The van der Waals surface area contributed by atoms with Gasteiger partial charge in [0.2, 0.25) is 0 Å². The van der Waals surface area contributed by atoms with E-state index in [0.717, 1.165) is 22.2 Å². The van der Waals surface area contributed by atoms with Gasteiger partial charge in [0.05, 0.1) is 0 Å². The lowest BCUT2D eigenvalue weighted by Gasteiger charge is -1.96. The molecule has 0 amide bonds. The van der Waals surface area contributed by atoms with Crippen molar-refractivity contribution >= 4 is 39.3 Å². The maximum Gasteiger partial charge on any atom is 0.0345 e. The van der Waals surface area contributed by atoms with E-state index in [9.17, 15) is 0 Å². The molecule has 0 radical (unpaired) electrons. The molecule has 0 heterocycles. The highest BCUT2D eigenvalue weighted by atomic mass is 79.9. The monoisotopic (exact) mass is 288 g/mol. The van der Waals surface area contributed by atoms with Crippen molar-refractivity contribution in [2.75, 3.05) is 5.88 Å². The largest absolute Gasteiger partial charge is 0.127 e. The van der Waals surface area contributed by atoms with E-state index in [1.165, 1.54) is 0 Å². The number of benzene rings is 1. The topological polar surface area (TPSA) is 0 Å². The first kappa shape index (κ1) is 12.0. The van der Waals surface area contributed by atoms with Crippen molar-refractivity contribution < 1.29 is 0 Å². The first-order valence-electron chi connectivity index (χ1n) is 4.30. The molecule has 74 valence electrons. The molecule has 0 nitrogen and oxygen atoms in total. The molecular weight excluding hydrogens is 280 g/mol. The summed E-state index contributed by atoms with van der Waals surface area (Å²) in [6.07, 6.45) is 1.84. The minimum atomic E-state index is 0.689. The predicted molar refractivity (Wildman–Crippen MR) is 67.7 cm³/mol. The molecule has 0 saturated heterocycles. The molecule has 0 aliphatic rings. The number of halogens is 2. The third-order valence-electron chi connectivity index (χ3n) is 1.51. The van der Waals surface area contributed by atoms with E-state index in [0.29, 0.717) is 5.88 Å². The summed E-state index contributed by atoms with van der Waals surface area (Å²) in [5.41, 5.74) is 0. The molecule has 0 aliphatic heterocycles. The Morgan fingerprint density at radius 1 is 1.36 bits per heavy atom. The zero-order valence-electron chi connectivity index (χ0n) is 7.59. The Bertz CT molecular complexity index is 341. The van der Waals surface area contributed by atoms with Gasteiger partial charge in [0.1, 0.15) is 0 Å². The fourth-order valence-electron chi connectivity index (χ4n) is 0.825. The van der Waals surface area contributed by atoms with Crippen molar-refractivity contribution in [3.05, 3.63) is 28.7 Å². The van der Waals surface area contributed by atoms with Gasteiger partial charge in [-0.05, 0) is 51.5 Å². The molecular formula is C11H10BrClS. The van der Waals surface area contributed by atoms with Crippen molar-refractivity contribution in [1.82, 2.24) is 0 Å². The minimum absolute atomic E-state index is 0.689. The second kappa shape index (κ2) is 7.23. The fraction of sp³-hybridized carbons (Fsp3) is 0.273. The van der Waals surface area contributed by atoms with Crippen LogP contribution in [0.5, 0.6) is 0 Å². The first-order valence-corrected chi connectivity index (χ1v) is 6.44. The van der Waals surface area contributed by atoms with Crippen molar-refractivity contribution in [1.29, 1.82) is 0 Å². The molecule has 0 spiro atoms. The highest BCUT2D eigenvalue weighted by Crippen LogP contribution is 2.25. The Morgan fingerprint density at radius 3 is 2.86 bits per heavy atom.